The number of nitriles is 1. The number of halogens is 7. The minimum Gasteiger partial charge on any atom is -0.237 e. The number of rotatable bonds is 2. The SMILES string of the molecule is [C-]#[N+]C1=C(C)CC(C(F)(F)C(F)(F)C(F)(F)F)=C1C#N. The van der Waals surface area contributed by atoms with Gasteiger partial charge in [-0.05, 0) is 6.42 Å². The molecule has 0 atom stereocenters. The predicted molar refractivity (Wildman–Crippen MR) is 52.5 cm³/mol. The van der Waals surface area contributed by atoms with E-state index in [1.54, 1.807) is 0 Å². The molecule has 0 N–H and O–H groups in total. The van der Waals surface area contributed by atoms with E-state index in [4.69, 9.17) is 11.8 Å². The molecule has 20 heavy (non-hydrogen) atoms. The molecule has 1 aliphatic carbocycles. The lowest BCUT2D eigenvalue weighted by atomic mass is 9.97. The van der Waals surface area contributed by atoms with Crippen LogP contribution in [0.3, 0.4) is 0 Å². The zero-order valence-electron chi connectivity index (χ0n) is 9.75. The molecule has 2 nitrogen and oxygen atoms in total. The number of hydrogen-bond donors (Lipinski definition) is 0. The normalized spacial score (nSPS) is 17.3. The Morgan fingerprint density at radius 3 is 2.00 bits per heavy atom. The van der Waals surface area contributed by atoms with E-state index in [1.807, 2.05) is 0 Å². The summed E-state index contributed by atoms with van der Waals surface area (Å²) in [6.45, 7) is 7.78. The first-order valence-electron chi connectivity index (χ1n) is 4.95. The lowest BCUT2D eigenvalue weighted by Gasteiger charge is -2.29. The van der Waals surface area contributed by atoms with E-state index in [-0.39, 0.29) is 5.57 Å². The Kier molecular flexibility index (Phi) is 3.62. The lowest BCUT2D eigenvalue weighted by Crippen LogP contribution is -2.53. The lowest BCUT2D eigenvalue weighted by molar-refractivity contribution is -0.344. The van der Waals surface area contributed by atoms with Gasteiger partial charge in [0.05, 0.1) is 18.2 Å². The molecule has 0 aromatic carbocycles. The van der Waals surface area contributed by atoms with Crippen molar-refractivity contribution in [1.82, 2.24) is 0 Å². The van der Waals surface area contributed by atoms with E-state index in [2.05, 4.69) is 4.85 Å². The van der Waals surface area contributed by atoms with E-state index in [0.717, 1.165) is 13.0 Å². The van der Waals surface area contributed by atoms with Gasteiger partial charge >= 0.3 is 18.0 Å². The maximum absolute atomic E-state index is 13.5. The van der Waals surface area contributed by atoms with E-state index in [9.17, 15) is 30.7 Å². The van der Waals surface area contributed by atoms with Crippen molar-refractivity contribution in [1.29, 1.82) is 5.26 Å². The molecule has 0 heterocycles. The van der Waals surface area contributed by atoms with Gasteiger partial charge in [0, 0.05) is 5.57 Å². The Morgan fingerprint density at radius 1 is 1.15 bits per heavy atom. The molecule has 0 fully saturated rings. The van der Waals surface area contributed by atoms with Crippen molar-refractivity contribution in [3.63, 3.8) is 0 Å². The van der Waals surface area contributed by atoms with Crippen molar-refractivity contribution >= 4 is 0 Å². The van der Waals surface area contributed by atoms with Crippen LogP contribution in [0.1, 0.15) is 13.3 Å². The highest BCUT2D eigenvalue weighted by atomic mass is 19.4. The molecule has 0 radical (unpaired) electrons. The standard InChI is InChI=1S/C11H5F7N2/c1-5-3-7(6(4-19)8(5)20-2)9(12,13)10(14,15)11(16,17)18/h3H2,1H3. The molecule has 0 unspecified atom stereocenters. The van der Waals surface area contributed by atoms with E-state index in [0.29, 0.717) is 0 Å². The summed E-state index contributed by atoms with van der Waals surface area (Å²) in [5.41, 5.74) is -3.55. The summed E-state index contributed by atoms with van der Waals surface area (Å²) in [5.74, 6) is -11.9. The van der Waals surface area contributed by atoms with Crippen LogP contribution in [0.25, 0.3) is 4.85 Å². The number of hydrogen-bond acceptors (Lipinski definition) is 1. The molecule has 1 aliphatic rings. The van der Waals surface area contributed by atoms with Crippen LogP contribution in [0.15, 0.2) is 22.4 Å². The summed E-state index contributed by atoms with van der Waals surface area (Å²) in [5, 5.41) is 8.64. The van der Waals surface area contributed by atoms with Crippen LogP contribution in [0.4, 0.5) is 30.7 Å². The largest absolute Gasteiger partial charge is 0.460 e. The van der Waals surface area contributed by atoms with Gasteiger partial charge in [-0.15, -0.1) is 0 Å². The maximum atomic E-state index is 13.5. The van der Waals surface area contributed by atoms with Crippen molar-refractivity contribution < 1.29 is 30.7 Å². The maximum Gasteiger partial charge on any atom is 0.460 e. The number of allylic oxidation sites excluding steroid dienone is 3. The smallest absolute Gasteiger partial charge is 0.237 e. The second-order valence-electron chi connectivity index (χ2n) is 4.03. The van der Waals surface area contributed by atoms with E-state index >= 15 is 0 Å². The van der Waals surface area contributed by atoms with Gasteiger partial charge in [0.1, 0.15) is 0 Å². The van der Waals surface area contributed by atoms with Gasteiger partial charge in [-0.3, -0.25) is 0 Å². The van der Waals surface area contributed by atoms with Crippen LogP contribution >= 0.6 is 0 Å². The number of alkyl halides is 7. The molecule has 0 aromatic heterocycles. The van der Waals surface area contributed by atoms with Crippen LogP contribution < -0.4 is 0 Å². The molecule has 1 rings (SSSR count). The van der Waals surface area contributed by atoms with Gasteiger partial charge in [-0.2, -0.15) is 36.0 Å². The molecule has 108 valence electrons. The summed E-state index contributed by atoms with van der Waals surface area (Å²) in [6, 6.07) is 1.10. The molecule has 0 bridgehead atoms. The predicted octanol–water partition coefficient (Wildman–Crippen LogP) is 4.24. The van der Waals surface area contributed by atoms with E-state index < -0.39 is 41.3 Å². The summed E-state index contributed by atoms with van der Waals surface area (Å²) >= 11 is 0. The van der Waals surface area contributed by atoms with Gasteiger partial charge in [0.15, 0.2) is 0 Å². The summed E-state index contributed by atoms with van der Waals surface area (Å²) in [4.78, 5) is 2.72. The zero-order chi connectivity index (χ0) is 15.9. The first-order valence-corrected chi connectivity index (χ1v) is 4.95. The Labute approximate surface area is 108 Å². The average Bonchev–Trinajstić information content (AvgIpc) is 2.63. The second kappa shape index (κ2) is 4.51. The Morgan fingerprint density at radius 2 is 1.65 bits per heavy atom. The Hall–Kier alpha value is -2.03. The number of nitrogens with zero attached hydrogens (tertiary/aromatic N) is 2. The van der Waals surface area contributed by atoms with Crippen molar-refractivity contribution in [2.45, 2.75) is 31.4 Å². The fourth-order valence-electron chi connectivity index (χ4n) is 1.70. The van der Waals surface area contributed by atoms with Crippen LogP contribution in [0.2, 0.25) is 0 Å². The van der Waals surface area contributed by atoms with Gasteiger partial charge in [-0.25, -0.2) is 4.85 Å². The topological polar surface area (TPSA) is 28.1 Å². The van der Waals surface area contributed by atoms with Gasteiger partial charge < -0.3 is 0 Å². The first kappa shape index (κ1) is 16.0. The summed E-state index contributed by atoms with van der Waals surface area (Å²) in [6.07, 6.45) is -7.45. The second-order valence-corrected chi connectivity index (χ2v) is 4.03. The van der Waals surface area contributed by atoms with Crippen LogP contribution in [0.5, 0.6) is 0 Å². The molecule has 0 saturated carbocycles. The van der Waals surface area contributed by atoms with Crippen LogP contribution in [-0.4, -0.2) is 18.0 Å². The van der Waals surface area contributed by atoms with Crippen molar-refractivity contribution in [2.75, 3.05) is 0 Å². The quantitative estimate of drug-likeness (QED) is 0.553. The van der Waals surface area contributed by atoms with Crippen molar-refractivity contribution in [3.05, 3.63) is 33.8 Å². The third-order valence-electron chi connectivity index (χ3n) is 2.74. The molecule has 0 amide bonds. The average molecular weight is 298 g/mol. The minimum atomic E-state index is -6.47. The van der Waals surface area contributed by atoms with Gasteiger partial charge in [-0.1, -0.05) is 12.5 Å². The monoisotopic (exact) mass is 298 g/mol. The third-order valence-corrected chi connectivity index (χ3v) is 2.74. The van der Waals surface area contributed by atoms with Gasteiger partial charge in [0.25, 0.3) is 0 Å². The summed E-state index contributed by atoms with van der Waals surface area (Å²) < 4.78 is 89.1. The molecular weight excluding hydrogens is 293 g/mol. The van der Waals surface area contributed by atoms with Crippen LogP contribution in [-0.2, 0) is 0 Å². The molecular formula is C11H5F7N2. The van der Waals surface area contributed by atoms with Crippen LogP contribution in [0, 0.1) is 17.9 Å². The third kappa shape index (κ3) is 2.03. The molecule has 0 spiro atoms. The zero-order valence-corrected chi connectivity index (χ0v) is 9.75. The highest BCUT2D eigenvalue weighted by Crippen LogP contribution is 2.53. The Balaban J connectivity index is 3.48. The molecule has 0 saturated heterocycles. The molecule has 9 heteroatoms. The molecule has 0 aromatic rings. The molecule has 0 aliphatic heterocycles. The Bertz CT molecular complexity index is 581. The highest BCUT2D eigenvalue weighted by molar-refractivity contribution is 5.59. The fraction of sp³-hybridized carbons (Fsp3) is 0.455. The van der Waals surface area contributed by atoms with Gasteiger partial charge in [0.2, 0.25) is 5.70 Å². The van der Waals surface area contributed by atoms with Crippen molar-refractivity contribution in [3.8, 4) is 6.07 Å². The minimum absolute atomic E-state index is 0.149. The highest BCUT2D eigenvalue weighted by Gasteiger charge is 2.74. The van der Waals surface area contributed by atoms with Crippen molar-refractivity contribution in [2.24, 2.45) is 0 Å². The summed E-state index contributed by atoms with van der Waals surface area (Å²) in [7, 11) is 0. The first-order chi connectivity index (χ1) is 8.91. The van der Waals surface area contributed by atoms with E-state index in [1.165, 1.54) is 0 Å². The fourth-order valence-corrected chi connectivity index (χ4v) is 1.70.